The predicted molar refractivity (Wildman–Crippen MR) is 96.7 cm³/mol. The van der Waals surface area contributed by atoms with Crippen molar-refractivity contribution >= 4 is 11.7 Å². The van der Waals surface area contributed by atoms with Gasteiger partial charge >= 0.3 is 0 Å². The maximum Gasteiger partial charge on any atom is 0.254 e. The van der Waals surface area contributed by atoms with Crippen LogP contribution in [0.15, 0.2) is 18.5 Å². The van der Waals surface area contributed by atoms with E-state index in [1.807, 2.05) is 30.8 Å². The minimum atomic E-state index is -0.0328. The molecule has 1 amide bonds. The van der Waals surface area contributed by atoms with E-state index in [0.29, 0.717) is 5.56 Å². The number of aromatic nitrogens is 4. The standard InChI is InChI=1S/C18H26N6O/c1-4-7-24-12-15(11-19-24)18(25)22-16-5-8-23(9-6-16)17-10-13(2)20-14(3)21-17/h10-12,16H,4-9H2,1-3H3,(H,22,25). The summed E-state index contributed by atoms with van der Waals surface area (Å²) < 4.78 is 1.82. The van der Waals surface area contributed by atoms with Crippen LogP contribution in [0.4, 0.5) is 5.82 Å². The van der Waals surface area contributed by atoms with Crippen molar-refractivity contribution < 1.29 is 4.79 Å². The molecule has 1 N–H and O–H groups in total. The molecular formula is C18H26N6O. The summed E-state index contributed by atoms with van der Waals surface area (Å²) in [6, 6.07) is 2.22. The molecule has 1 aliphatic heterocycles. The smallest absolute Gasteiger partial charge is 0.254 e. The molecule has 0 spiro atoms. The first-order valence-corrected chi connectivity index (χ1v) is 8.95. The normalized spacial score (nSPS) is 15.4. The van der Waals surface area contributed by atoms with Crippen molar-refractivity contribution in [3.63, 3.8) is 0 Å². The fraction of sp³-hybridized carbons (Fsp3) is 0.556. The van der Waals surface area contributed by atoms with Crippen molar-refractivity contribution in [1.82, 2.24) is 25.1 Å². The van der Waals surface area contributed by atoms with Crippen molar-refractivity contribution in [2.75, 3.05) is 18.0 Å². The molecule has 25 heavy (non-hydrogen) atoms. The first-order valence-electron chi connectivity index (χ1n) is 8.95. The van der Waals surface area contributed by atoms with Crippen molar-refractivity contribution in [2.45, 2.75) is 52.6 Å². The Morgan fingerprint density at radius 1 is 1.28 bits per heavy atom. The molecule has 7 nitrogen and oxygen atoms in total. The molecule has 3 heterocycles. The van der Waals surface area contributed by atoms with Crippen molar-refractivity contribution in [2.24, 2.45) is 0 Å². The summed E-state index contributed by atoms with van der Waals surface area (Å²) in [5.74, 6) is 1.75. The summed E-state index contributed by atoms with van der Waals surface area (Å²) in [6.07, 6.45) is 6.30. The maximum absolute atomic E-state index is 12.4. The summed E-state index contributed by atoms with van der Waals surface area (Å²) in [5, 5.41) is 7.36. The van der Waals surface area contributed by atoms with Crippen LogP contribution in [-0.4, -0.2) is 44.8 Å². The quantitative estimate of drug-likeness (QED) is 0.900. The predicted octanol–water partition coefficient (Wildman–Crippen LogP) is 2.10. The number of rotatable bonds is 5. The van der Waals surface area contributed by atoms with E-state index in [0.717, 1.165) is 56.2 Å². The Morgan fingerprint density at radius 2 is 2.04 bits per heavy atom. The number of nitrogens with zero attached hydrogens (tertiary/aromatic N) is 5. The summed E-state index contributed by atoms with van der Waals surface area (Å²) in [7, 11) is 0. The third-order valence-corrected chi connectivity index (χ3v) is 4.45. The molecule has 1 aliphatic rings. The highest BCUT2D eigenvalue weighted by molar-refractivity contribution is 5.93. The van der Waals surface area contributed by atoms with E-state index >= 15 is 0 Å². The molecule has 0 bridgehead atoms. The van der Waals surface area contributed by atoms with E-state index in [9.17, 15) is 4.79 Å². The SMILES string of the molecule is CCCn1cc(C(=O)NC2CCN(c3cc(C)nc(C)n3)CC2)cn1. The van der Waals surface area contributed by atoms with Gasteiger partial charge in [0.15, 0.2) is 0 Å². The molecule has 0 unspecified atom stereocenters. The zero-order chi connectivity index (χ0) is 17.8. The fourth-order valence-electron chi connectivity index (χ4n) is 3.21. The second-order valence-corrected chi connectivity index (χ2v) is 6.64. The Kier molecular flexibility index (Phi) is 5.31. The topological polar surface area (TPSA) is 75.9 Å². The van der Waals surface area contributed by atoms with Crippen LogP contribution in [0, 0.1) is 13.8 Å². The van der Waals surface area contributed by atoms with E-state index in [1.165, 1.54) is 0 Å². The van der Waals surface area contributed by atoms with Gasteiger partial charge in [-0.15, -0.1) is 0 Å². The molecule has 0 saturated carbocycles. The van der Waals surface area contributed by atoms with Crippen LogP contribution in [0.3, 0.4) is 0 Å². The first-order chi connectivity index (χ1) is 12.0. The summed E-state index contributed by atoms with van der Waals surface area (Å²) in [5.41, 5.74) is 1.62. The van der Waals surface area contributed by atoms with Gasteiger partial charge in [-0.05, 0) is 33.1 Å². The van der Waals surface area contributed by atoms with Gasteiger partial charge in [0, 0.05) is 43.6 Å². The van der Waals surface area contributed by atoms with Crippen LogP contribution in [0.5, 0.6) is 0 Å². The van der Waals surface area contributed by atoms with Crippen LogP contribution in [0.2, 0.25) is 0 Å². The fourth-order valence-corrected chi connectivity index (χ4v) is 3.21. The van der Waals surface area contributed by atoms with Crippen LogP contribution < -0.4 is 10.2 Å². The zero-order valence-corrected chi connectivity index (χ0v) is 15.2. The molecule has 1 fully saturated rings. The highest BCUT2D eigenvalue weighted by Gasteiger charge is 2.22. The number of hydrogen-bond acceptors (Lipinski definition) is 5. The molecule has 7 heteroatoms. The first kappa shape index (κ1) is 17.4. The molecule has 0 aliphatic carbocycles. The van der Waals surface area contributed by atoms with Crippen molar-refractivity contribution in [3.8, 4) is 0 Å². The van der Waals surface area contributed by atoms with E-state index in [-0.39, 0.29) is 11.9 Å². The Hall–Kier alpha value is -2.44. The van der Waals surface area contributed by atoms with Gasteiger partial charge in [-0.25, -0.2) is 9.97 Å². The summed E-state index contributed by atoms with van der Waals surface area (Å²) in [4.78, 5) is 23.5. The second kappa shape index (κ2) is 7.63. The number of hydrogen-bond donors (Lipinski definition) is 1. The molecule has 134 valence electrons. The summed E-state index contributed by atoms with van der Waals surface area (Å²) in [6.45, 7) is 8.61. The van der Waals surface area contributed by atoms with Crippen LogP contribution in [-0.2, 0) is 6.54 Å². The number of carbonyl (C=O) groups is 1. The van der Waals surface area contributed by atoms with Gasteiger partial charge in [0.2, 0.25) is 0 Å². The van der Waals surface area contributed by atoms with Crippen LogP contribution >= 0.6 is 0 Å². The number of aryl methyl sites for hydroxylation is 3. The monoisotopic (exact) mass is 342 g/mol. The maximum atomic E-state index is 12.4. The molecule has 0 radical (unpaired) electrons. The lowest BCUT2D eigenvalue weighted by molar-refractivity contribution is 0.0931. The van der Waals surface area contributed by atoms with E-state index in [4.69, 9.17) is 0 Å². The molecule has 1 saturated heterocycles. The van der Waals surface area contributed by atoms with Gasteiger partial charge in [-0.2, -0.15) is 5.10 Å². The van der Waals surface area contributed by atoms with Gasteiger partial charge in [0.25, 0.3) is 5.91 Å². The van der Waals surface area contributed by atoms with Crippen LogP contribution in [0.25, 0.3) is 0 Å². The molecule has 2 aromatic rings. The molecule has 2 aromatic heterocycles. The van der Waals surface area contributed by atoms with E-state index < -0.39 is 0 Å². The molecule has 0 atom stereocenters. The van der Waals surface area contributed by atoms with Gasteiger partial charge in [-0.3, -0.25) is 9.48 Å². The third kappa shape index (κ3) is 4.35. The third-order valence-electron chi connectivity index (χ3n) is 4.45. The number of piperidine rings is 1. The van der Waals surface area contributed by atoms with E-state index in [1.54, 1.807) is 6.20 Å². The highest BCUT2D eigenvalue weighted by Crippen LogP contribution is 2.19. The lowest BCUT2D eigenvalue weighted by Gasteiger charge is -2.33. The minimum Gasteiger partial charge on any atom is -0.356 e. The average molecular weight is 342 g/mol. The van der Waals surface area contributed by atoms with Crippen molar-refractivity contribution in [3.05, 3.63) is 35.5 Å². The second-order valence-electron chi connectivity index (χ2n) is 6.64. The Bertz CT molecular complexity index is 713. The largest absolute Gasteiger partial charge is 0.356 e. The lowest BCUT2D eigenvalue weighted by Crippen LogP contribution is -2.45. The molecule has 3 rings (SSSR count). The van der Waals surface area contributed by atoms with Gasteiger partial charge in [0.1, 0.15) is 11.6 Å². The zero-order valence-electron chi connectivity index (χ0n) is 15.2. The number of anilines is 1. The van der Waals surface area contributed by atoms with E-state index in [2.05, 4.69) is 32.2 Å². The molecular weight excluding hydrogens is 316 g/mol. The lowest BCUT2D eigenvalue weighted by atomic mass is 10.0. The van der Waals surface area contributed by atoms with Crippen LogP contribution in [0.1, 0.15) is 48.1 Å². The Labute approximate surface area is 148 Å². The number of nitrogens with one attached hydrogen (secondary N) is 1. The van der Waals surface area contributed by atoms with Gasteiger partial charge < -0.3 is 10.2 Å². The average Bonchev–Trinajstić information content (AvgIpc) is 3.04. The minimum absolute atomic E-state index is 0.0328. The summed E-state index contributed by atoms with van der Waals surface area (Å²) >= 11 is 0. The number of amides is 1. The Morgan fingerprint density at radius 3 is 2.72 bits per heavy atom. The van der Waals surface area contributed by atoms with Crippen molar-refractivity contribution in [1.29, 1.82) is 0 Å². The molecule has 0 aromatic carbocycles. The highest BCUT2D eigenvalue weighted by atomic mass is 16.1. The van der Waals surface area contributed by atoms with Gasteiger partial charge in [0.05, 0.1) is 11.8 Å². The number of carbonyl (C=O) groups excluding carboxylic acids is 1. The van der Waals surface area contributed by atoms with Gasteiger partial charge in [-0.1, -0.05) is 6.92 Å². The Balaban J connectivity index is 1.54.